The molecule has 2 amide bonds. The molecule has 0 saturated carbocycles. The summed E-state index contributed by atoms with van der Waals surface area (Å²) in [6.45, 7) is 5.58. The lowest BCUT2D eigenvalue weighted by Crippen LogP contribution is -2.64. The van der Waals surface area contributed by atoms with E-state index in [1.54, 1.807) is 12.1 Å². The SMILES string of the molecule is CCC1C(=O)NC(C(C)C)C(=O)N1c1cccc(F)c1. The summed E-state index contributed by atoms with van der Waals surface area (Å²) in [7, 11) is 0. The zero-order valence-electron chi connectivity index (χ0n) is 11.9. The largest absolute Gasteiger partial charge is 0.342 e. The number of halogens is 1. The van der Waals surface area contributed by atoms with Crippen LogP contribution in [0.4, 0.5) is 10.1 Å². The van der Waals surface area contributed by atoms with Crippen LogP contribution in [-0.4, -0.2) is 23.9 Å². The number of benzene rings is 1. The molecule has 1 fully saturated rings. The number of hydrogen-bond acceptors (Lipinski definition) is 2. The average Bonchev–Trinajstić information content (AvgIpc) is 2.40. The van der Waals surface area contributed by atoms with Gasteiger partial charge in [0.1, 0.15) is 17.9 Å². The summed E-state index contributed by atoms with van der Waals surface area (Å²) in [5.74, 6) is -0.801. The minimum atomic E-state index is -0.584. The zero-order valence-corrected chi connectivity index (χ0v) is 11.9. The molecular weight excluding hydrogens is 259 g/mol. The van der Waals surface area contributed by atoms with Crippen LogP contribution < -0.4 is 10.2 Å². The highest BCUT2D eigenvalue weighted by atomic mass is 19.1. The molecule has 4 nitrogen and oxygen atoms in total. The van der Waals surface area contributed by atoms with Gasteiger partial charge in [-0.05, 0) is 30.5 Å². The molecule has 2 rings (SSSR count). The number of rotatable bonds is 3. The van der Waals surface area contributed by atoms with E-state index in [2.05, 4.69) is 5.32 Å². The predicted octanol–water partition coefficient (Wildman–Crippen LogP) is 2.09. The molecule has 0 bridgehead atoms. The summed E-state index contributed by atoms with van der Waals surface area (Å²) >= 11 is 0. The minimum Gasteiger partial charge on any atom is -0.342 e. The van der Waals surface area contributed by atoms with Crippen molar-refractivity contribution in [2.24, 2.45) is 5.92 Å². The van der Waals surface area contributed by atoms with Crippen molar-refractivity contribution in [1.29, 1.82) is 0 Å². The van der Waals surface area contributed by atoms with Crippen molar-refractivity contribution in [3.05, 3.63) is 30.1 Å². The van der Waals surface area contributed by atoms with Gasteiger partial charge in [-0.25, -0.2) is 4.39 Å². The number of nitrogens with zero attached hydrogens (tertiary/aromatic N) is 1. The van der Waals surface area contributed by atoms with Gasteiger partial charge in [0.05, 0.1) is 0 Å². The Morgan fingerprint density at radius 2 is 2.05 bits per heavy atom. The third kappa shape index (κ3) is 2.53. The molecule has 1 aliphatic heterocycles. The van der Waals surface area contributed by atoms with Gasteiger partial charge in [0.25, 0.3) is 5.91 Å². The van der Waals surface area contributed by atoms with Crippen molar-refractivity contribution in [1.82, 2.24) is 5.32 Å². The van der Waals surface area contributed by atoms with E-state index >= 15 is 0 Å². The summed E-state index contributed by atoms with van der Waals surface area (Å²) in [6, 6.07) is 4.66. The highest BCUT2D eigenvalue weighted by Crippen LogP contribution is 2.25. The van der Waals surface area contributed by atoms with E-state index in [0.29, 0.717) is 12.1 Å². The van der Waals surface area contributed by atoms with E-state index in [9.17, 15) is 14.0 Å². The number of anilines is 1. The molecule has 0 radical (unpaired) electrons. The van der Waals surface area contributed by atoms with Gasteiger partial charge in [-0.3, -0.25) is 14.5 Å². The number of carbonyl (C=O) groups is 2. The Kier molecular flexibility index (Phi) is 4.06. The number of carbonyl (C=O) groups excluding carboxylic acids is 2. The standard InChI is InChI=1S/C15H19FN2O2/c1-4-12-14(19)17-13(9(2)3)15(20)18(12)11-7-5-6-10(16)8-11/h5-9,12-13H,4H2,1-3H3,(H,17,19). The smallest absolute Gasteiger partial charge is 0.250 e. The van der Waals surface area contributed by atoms with Gasteiger partial charge in [0, 0.05) is 5.69 Å². The molecule has 2 unspecified atom stereocenters. The second-order valence-corrected chi connectivity index (χ2v) is 5.34. The van der Waals surface area contributed by atoms with Gasteiger partial charge < -0.3 is 5.32 Å². The Balaban J connectivity index is 2.44. The molecule has 0 spiro atoms. The van der Waals surface area contributed by atoms with Crippen LogP contribution >= 0.6 is 0 Å². The first kappa shape index (κ1) is 14.5. The van der Waals surface area contributed by atoms with Crippen molar-refractivity contribution in [3.8, 4) is 0 Å². The van der Waals surface area contributed by atoms with Gasteiger partial charge in [-0.2, -0.15) is 0 Å². The van der Waals surface area contributed by atoms with Gasteiger partial charge in [0.2, 0.25) is 5.91 Å². The molecule has 2 atom stereocenters. The Labute approximate surface area is 118 Å². The van der Waals surface area contributed by atoms with Gasteiger partial charge in [-0.1, -0.05) is 26.8 Å². The first-order chi connectivity index (χ1) is 9.45. The molecule has 1 aliphatic rings. The van der Waals surface area contributed by atoms with Crippen LogP contribution in [0.1, 0.15) is 27.2 Å². The molecule has 1 saturated heterocycles. The van der Waals surface area contributed by atoms with Gasteiger partial charge in [-0.15, -0.1) is 0 Å². The lowest BCUT2D eigenvalue weighted by Gasteiger charge is -2.40. The molecule has 1 heterocycles. The van der Waals surface area contributed by atoms with E-state index < -0.39 is 17.9 Å². The Morgan fingerprint density at radius 3 is 2.60 bits per heavy atom. The molecule has 1 aromatic rings. The highest BCUT2D eigenvalue weighted by Gasteiger charge is 2.41. The third-order valence-electron chi connectivity index (χ3n) is 3.56. The molecule has 5 heteroatoms. The Bertz CT molecular complexity index is 530. The average molecular weight is 278 g/mol. The van der Waals surface area contributed by atoms with Crippen LogP contribution in [0.2, 0.25) is 0 Å². The molecular formula is C15H19FN2O2. The van der Waals surface area contributed by atoms with Crippen molar-refractivity contribution in [2.45, 2.75) is 39.3 Å². The van der Waals surface area contributed by atoms with E-state index in [1.165, 1.54) is 17.0 Å². The molecule has 1 aromatic carbocycles. The van der Waals surface area contributed by atoms with Crippen LogP contribution in [0.3, 0.4) is 0 Å². The Morgan fingerprint density at radius 1 is 1.35 bits per heavy atom. The van der Waals surface area contributed by atoms with Crippen molar-refractivity contribution in [2.75, 3.05) is 4.90 Å². The maximum atomic E-state index is 13.4. The highest BCUT2D eigenvalue weighted by molar-refractivity contribution is 6.08. The fourth-order valence-corrected chi connectivity index (χ4v) is 2.48. The van der Waals surface area contributed by atoms with E-state index in [1.807, 2.05) is 20.8 Å². The second kappa shape index (κ2) is 5.61. The number of hydrogen-bond donors (Lipinski definition) is 1. The minimum absolute atomic E-state index is 0.0136. The van der Waals surface area contributed by atoms with Crippen LogP contribution in [0, 0.1) is 11.7 Å². The first-order valence-electron chi connectivity index (χ1n) is 6.84. The molecule has 108 valence electrons. The van der Waals surface area contributed by atoms with E-state index in [4.69, 9.17) is 0 Å². The van der Waals surface area contributed by atoms with Crippen LogP contribution in [0.25, 0.3) is 0 Å². The van der Waals surface area contributed by atoms with Gasteiger partial charge in [0.15, 0.2) is 0 Å². The zero-order chi connectivity index (χ0) is 14.9. The maximum Gasteiger partial charge on any atom is 0.250 e. The summed E-state index contributed by atoms with van der Waals surface area (Å²) in [5, 5.41) is 2.76. The second-order valence-electron chi connectivity index (χ2n) is 5.34. The van der Waals surface area contributed by atoms with Crippen molar-refractivity contribution >= 4 is 17.5 Å². The quantitative estimate of drug-likeness (QED) is 0.920. The first-order valence-corrected chi connectivity index (χ1v) is 6.84. The number of nitrogens with one attached hydrogen (secondary N) is 1. The van der Waals surface area contributed by atoms with Gasteiger partial charge >= 0.3 is 0 Å². The Hall–Kier alpha value is -1.91. The normalized spacial score (nSPS) is 23.1. The van der Waals surface area contributed by atoms with Crippen LogP contribution in [0.5, 0.6) is 0 Å². The molecule has 1 N–H and O–H groups in total. The summed E-state index contributed by atoms with van der Waals surface area (Å²) < 4.78 is 13.4. The van der Waals surface area contributed by atoms with E-state index in [-0.39, 0.29) is 17.7 Å². The number of piperazine rings is 1. The van der Waals surface area contributed by atoms with Crippen LogP contribution in [-0.2, 0) is 9.59 Å². The van der Waals surface area contributed by atoms with Crippen molar-refractivity contribution < 1.29 is 14.0 Å². The van der Waals surface area contributed by atoms with E-state index in [0.717, 1.165) is 0 Å². The van der Waals surface area contributed by atoms with Crippen LogP contribution in [0.15, 0.2) is 24.3 Å². The summed E-state index contributed by atoms with van der Waals surface area (Å²) in [6.07, 6.45) is 0.485. The topological polar surface area (TPSA) is 49.4 Å². The predicted molar refractivity (Wildman–Crippen MR) is 74.7 cm³/mol. The van der Waals surface area contributed by atoms with Crippen molar-refractivity contribution in [3.63, 3.8) is 0 Å². The fraction of sp³-hybridized carbons (Fsp3) is 0.467. The summed E-state index contributed by atoms with van der Waals surface area (Å²) in [5.41, 5.74) is 0.433. The maximum absolute atomic E-state index is 13.4. The monoisotopic (exact) mass is 278 g/mol. The third-order valence-corrected chi connectivity index (χ3v) is 3.56. The fourth-order valence-electron chi connectivity index (χ4n) is 2.48. The number of amides is 2. The molecule has 0 aromatic heterocycles. The molecule has 0 aliphatic carbocycles. The lowest BCUT2D eigenvalue weighted by molar-refractivity contribution is -0.134. The lowest BCUT2D eigenvalue weighted by atomic mass is 9.96. The summed E-state index contributed by atoms with van der Waals surface area (Å²) in [4.78, 5) is 26.2. The molecule has 20 heavy (non-hydrogen) atoms.